The largest absolute Gasteiger partial charge is 0.463 e. The highest BCUT2D eigenvalue weighted by Gasteiger charge is 2.15. The molecule has 3 rings (SSSR count). The fraction of sp³-hybridized carbons (Fsp3) is 0.188. The number of nitrogens with zero attached hydrogens (tertiary/aromatic N) is 4. The second-order valence-corrected chi connectivity index (χ2v) is 4.99. The fourth-order valence-electron chi connectivity index (χ4n) is 2.16. The molecule has 5 heteroatoms. The first-order valence-electron chi connectivity index (χ1n) is 6.66. The Morgan fingerprint density at radius 1 is 1.10 bits per heavy atom. The number of furan rings is 1. The first-order chi connectivity index (χ1) is 10.2. The number of anilines is 1. The number of rotatable bonds is 3. The van der Waals surface area contributed by atoms with Gasteiger partial charge in [0.2, 0.25) is 5.95 Å². The molecular formula is C16H16N4O. The molecule has 0 aliphatic heterocycles. The molecule has 0 spiro atoms. The highest BCUT2D eigenvalue weighted by molar-refractivity contribution is 5.80. The van der Waals surface area contributed by atoms with Crippen molar-refractivity contribution in [3.8, 4) is 22.6 Å². The third-order valence-electron chi connectivity index (χ3n) is 3.24. The van der Waals surface area contributed by atoms with Gasteiger partial charge in [0, 0.05) is 38.2 Å². The Bertz CT molecular complexity index is 751. The smallest absolute Gasteiger partial charge is 0.225 e. The maximum atomic E-state index is 5.53. The number of pyridine rings is 1. The second-order valence-electron chi connectivity index (χ2n) is 4.99. The maximum Gasteiger partial charge on any atom is 0.225 e. The Labute approximate surface area is 123 Å². The number of hydrogen-bond donors (Lipinski definition) is 0. The molecule has 0 aliphatic carbocycles. The summed E-state index contributed by atoms with van der Waals surface area (Å²) in [5.41, 5.74) is 3.86. The second kappa shape index (κ2) is 5.36. The summed E-state index contributed by atoms with van der Waals surface area (Å²) < 4.78 is 5.53. The topological polar surface area (TPSA) is 55.1 Å². The SMILES string of the molecule is Cc1cnccc1-c1cnc(N(C)C)nc1-c1ccco1. The molecule has 0 bridgehead atoms. The van der Waals surface area contributed by atoms with Gasteiger partial charge in [-0.25, -0.2) is 9.97 Å². The van der Waals surface area contributed by atoms with Crippen LogP contribution in [0.1, 0.15) is 5.56 Å². The molecule has 0 atom stereocenters. The molecule has 0 saturated carbocycles. The highest BCUT2D eigenvalue weighted by Crippen LogP contribution is 2.32. The molecule has 0 unspecified atom stereocenters. The molecule has 106 valence electrons. The van der Waals surface area contributed by atoms with Crippen molar-refractivity contribution >= 4 is 5.95 Å². The van der Waals surface area contributed by atoms with Gasteiger partial charge in [-0.15, -0.1) is 0 Å². The van der Waals surface area contributed by atoms with Crippen molar-refractivity contribution in [2.24, 2.45) is 0 Å². The normalized spacial score (nSPS) is 10.6. The lowest BCUT2D eigenvalue weighted by atomic mass is 10.0. The van der Waals surface area contributed by atoms with Gasteiger partial charge in [-0.05, 0) is 36.2 Å². The van der Waals surface area contributed by atoms with E-state index in [1.165, 1.54) is 0 Å². The van der Waals surface area contributed by atoms with E-state index >= 15 is 0 Å². The number of aryl methyl sites for hydroxylation is 1. The first-order valence-corrected chi connectivity index (χ1v) is 6.66. The van der Waals surface area contributed by atoms with Gasteiger partial charge in [0.25, 0.3) is 0 Å². The van der Waals surface area contributed by atoms with Crippen molar-refractivity contribution in [2.45, 2.75) is 6.92 Å². The van der Waals surface area contributed by atoms with E-state index in [0.29, 0.717) is 5.95 Å². The third kappa shape index (κ3) is 2.50. The molecule has 0 N–H and O–H groups in total. The van der Waals surface area contributed by atoms with Crippen molar-refractivity contribution in [3.05, 3.63) is 48.6 Å². The van der Waals surface area contributed by atoms with E-state index in [2.05, 4.69) is 15.0 Å². The van der Waals surface area contributed by atoms with Crippen molar-refractivity contribution in [1.82, 2.24) is 15.0 Å². The molecule has 0 amide bonds. The van der Waals surface area contributed by atoms with Gasteiger partial charge in [0.05, 0.1) is 6.26 Å². The van der Waals surface area contributed by atoms with Crippen molar-refractivity contribution in [3.63, 3.8) is 0 Å². The summed E-state index contributed by atoms with van der Waals surface area (Å²) >= 11 is 0. The summed E-state index contributed by atoms with van der Waals surface area (Å²) in [6.07, 6.45) is 7.09. The van der Waals surface area contributed by atoms with Crippen LogP contribution in [0.25, 0.3) is 22.6 Å². The van der Waals surface area contributed by atoms with Gasteiger partial charge < -0.3 is 9.32 Å². The van der Waals surface area contributed by atoms with Gasteiger partial charge in [0.15, 0.2) is 5.76 Å². The zero-order chi connectivity index (χ0) is 14.8. The Morgan fingerprint density at radius 3 is 2.62 bits per heavy atom. The number of hydrogen-bond acceptors (Lipinski definition) is 5. The zero-order valence-corrected chi connectivity index (χ0v) is 12.2. The molecule has 0 aromatic carbocycles. The Morgan fingerprint density at radius 2 is 1.95 bits per heavy atom. The van der Waals surface area contributed by atoms with Crippen LogP contribution in [0.4, 0.5) is 5.95 Å². The molecule has 3 aromatic heterocycles. The van der Waals surface area contributed by atoms with Gasteiger partial charge in [-0.3, -0.25) is 4.98 Å². The lowest BCUT2D eigenvalue weighted by molar-refractivity contribution is 0.580. The van der Waals surface area contributed by atoms with Crippen LogP contribution < -0.4 is 4.90 Å². The molecule has 5 nitrogen and oxygen atoms in total. The van der Waals surface area contributed by atoms with E-state index < -0.39 is 0 Å². The highest BCUT2D eigenvalue weighted by atomic mass is 16.3. The molecule has 0 radical (unpaired) electrons. The summed E-state index contributed by atoms with van der Waals surface area (Å²) in [7, 11) is 3.83. The van der Waals surface area contributed by atoms with E-state index in [-0.39, 0.29) is 0 Å². The molecule has 3 aromatic rings. The van der Waals surface area contributed by atoms with Crippen LogP contribution in [0.5, 0.6) is 0 Å². The summed E-state index contributed by atoms with van der Waals surface area (Å²) in [6, 6.07) is 5.73. The van der Waals surface area contributed by atoms with Gasteiger partial charge in [0.1, 0.15) is 5.69 Å². The third-order valence-corrected chi connectivity index (χ3v) is 3.24. The summed E-state index contributed by atoms with van der Waals surface area (Å²) in [5.74, 6) is 1.38. The number of aromatic nitrogens is 3. The van der Waals surface area contributed by atoms with Crippen LogP contribution in [-0.2, 0) is 0 Å². The Hall–Kier alpha value is -2.69. The van der Waals surface area contributed by atoms with Crippen molar-refractivity contribution in [1.29, 1.82) is 0 Å². The van der Waals surface area contributed by atoms with Crippen LogP contribution in [-0.4, -0.2) is 29.0 Å². The quantitative estimate of drug-likeness (QED) is 0.737. The van der Waals surface area contributed by atoms with E-state index in [0.717, 1.165) is 28.1 Å². The average Bonchev–Trinajstić information content (AvgIpc) is 3.01. The molecule has 21 heavy (non-hydrogen) atoms. The van der Waals surface area contributed by atoms with Crippen LogP contribution in [0.15, 0.2) is 47.5 Å². The van der Waals surface area contributed by atoms with Gasteiger partial charge in [-0.2, -0.15) is 0 Å². The molecule has 0 aliphatic rings. The summed E-state index contributed by atoms with van der Waals surface area (Å²) in [4.78, 5) is 15.1. The molecule has 3 heterocycles. The lowest BCUT2D eigenvalue weighted by Gasteiger charge is -2.14. The van der Waals surface area contributed by atoms with E-state index in [4.69, 9.17) is 4.42 Å². The Kier molecular flexibility index (Phi) is 3.39. The minimum atomic E-state index is 0.650. The standard InChI is InChI=1S/C16H16N4O/c1-11-9-17-7-6-12(11)13-10-18-16(20(2)3)19-15(13)14-5-4-8-21-14/h4-10H,1-3H3. The Balaban J connectivity index is 2.23. The minimum absolute atomic E-state index is 0.650. The van der Waals surface area contributed by atoms with E-state index in [1.54, 1.807) is 12.5 Å². The summed E-state index contributed by atoms with van der Waals surface area (Å²) in [5, 5.41) is 0. The van der Waals surface area contributed by atoms with Crippen LogP contribution in [0.3, 0.4) is 0 Å². The van der Waals surface area contributed by atoms with Gasteiger partial charge in [-0.1, -0.05) is 0 Å². The van der Waals surface area contributed by atoms with Gasteiger partial charge >= 0.3 is 0 Å². The predicted molar refractivity (Wildman–Crippen MR) is 82.0 cm³/mol. The van der Waals surface area contributed by atoms with Crippen molar-refractivity contribution < 1.29 is 4.42 Å². The monoisotopic (exact) mass is 280 g/mol. The van der Waals surface area contributed by atoms with Crippen LogP contribution in [0, 0.1) is 6.92 Å². The summed E-state index contributed by atoms with van der Waals surface area (Å²) in [6.45, 7) is 2.02. The zero-order valence-electron chi connectivity index (χ0n) is 12.2. The fourth-order valence-corrected chi connectivity index (χ4v) is 2.16. The maximum absolute atomic E-state index is 5.53. The van der Waals surface area contributed by atoms with Crippen LogP contribution in [0.2, 0.25) is 0 Å². The van der Waals surface area contributed by atoms with E-state index in [1.807, 2.05) is 56.5 Å². The van der Waals surface area contributed by atoms with Crippen molar-refractivity contribution in [2.75, 3.05) is 19.0 Å². The average molecular weight is 280 g/mol. The predicted octanol–water partition coefficient (Wildman–Crippen LogP) is 3.17. The molecular weight excluding hydrogens is 264 g/mol. The minimum Gasteiger partial charge on any atom is -0.463 e. The van der Waals surface area contributed by atoms with E-state index in [9.17, 15) is 0 Å². The molecule has 0 saturated heterocycles. The lowest BCUT2D eigenvalue weighted by Crippen LogP contribution is -2.13. The van der Waals surface area contributed by atoms with Crippen LogP contribution >= 0.6 is 0 Å². The molecule has 0 fully saturated rings. The first kappa shape index (κ1) is 13.3.